The molecule has 0 amide bonds. The maximum absolute atomic E-state index is 13.1. The van der Waals surface area contributed by atoms with Gasteiger partial charge in [0.1, 0.15) is 17.1 Å². The summed E-state index contributed by atoms with van der Waals surface area (Å²) in [6.07, 6.45) is 0.446. The second-order valence-corrected chi connectivity index (χ2v) is 9.33. The smallest absolute Gasteiger partial charge is 0.338 e. The Labute approximate surface area is 171 Å². The number of carbonyl (C=O) groups is 1. The van der Waals surface area contributed by atoms with E-state index in [0.717, 1.165) is 5.56 Å². The van der Waals surface area contributed by atoms with Crippen LogP contribution in [0.3, 0.4) is 0 Å². The number of ether oxygens (including phenoxy) is 3. The standard InChI is InChI=1S/C21H25NO6S/c1-13-6-8-15(11-17(13)20(23)27-5)29(24,25)22-18-12-21(2,3)28-19-10-14(26-4)7-9-16(18)19/h6-11,18,22H,12H2,1-5H3/t18-/m1/s1. The number of rotatable bonds is 5. The number of benzene rings is 2. The van der Waals surface area contributed by atoms with Crippen LogP contribution >= 0.6 is 0 Å². The molecule has 156 valence electrons. The minimum Gasteiger partial charge on any atom is -0.497 e. The quantitative estimate of drug-likeness (QED) is 0.747. The molecular formula is C21H25NO6S. The predicted molar refractivity (Wildman–Crippen MR) is 108 cm³/mol. The van der Waals surface area contributed by atoms with Gasteiger partial charge < -0.3 is 14.2 Å². The van der Waals surface area contributed by atoms with Gasteiger partial charge in [-0.25, -0.2) is 17.9 Å². The fourth-order valence-corrected chi connectivity index (χ4v) is 4.66. The molecule has 1 heterocycles. The zero-order valence-electron chi connectivity index (χ0n) is 17.1. The van der Waals surface area contributed by atoms with Gasteiger partial charge in [-0.15, -0.1) is 0 Å². The molecule has 29 heavy (non-hydrogen) atoms. The minimum absolute atomic E-state index is 0.00265. The number of carbonyl (C=O) groups excluding carboxylic acids is 1. The maximum Gasteiger partial charge on any atom is 0.338 e. The Hall–Kier alpha value is -2.58. The third-order valence-corrected chi connectivity index (χ3v) is 6.37. The number of hydrogen-bond acceptors (Lipinski definition) is 6. The number of sulfonamides is 1. The van der Waals surface area contributed by atoms with Gasteiger partial charge in [-0.05, 0) is 44.5 Å². The Morgan fingerprint density at radius 1 is 1.17 bits per heavy atom. The van der Waals surface area contributed by atoms with Crippen molar-refractivity contribution < 1.29 is 27.4 Å². The molecule has 1 aliphatic heterocycles. The van der Waals surface area contributed by atoms with Gasteiger partial charge in [0.25, 0.3) is 0 Å². The summed E-state index contributed by atoms with van der Waals surface area (Å²) in [6, 6.07) is 9.22. The highest BCUT2D eigenvalue weighted by atomic mass is 32.2. The van der Waals surface area contributed by atoms with Crippen LogP contribution in [0.2, 0.25) is 0 Å². The molecule has 2 aromatic rings. The first kappa shape index (κ1) is 21.1. The van der Waals surface area contributed by atoms with Gasteiger partial charge in [0.05, 0.1) is 30.7 Å². The minimum atomic E-state index is -3.89. The van der Waals surface area contributed by atoms with Crippen LogP contribution in [0.15, 0.2) is 41.3 Å². The molecular weight excluding hydrogens is 394 g/mol. The Kier molecular flexibility index (Phi) is 5.60. The lowest BCUT2D eigenvalue weighted by molar-refractivity contribution is 0.0599. The number of hydrogen-bond donors (Lipinski definition) is 1. The van der Waals surface area contributed by atoms with Crippen molar-refractivity contribution in [1.82, 2.24) is 4.72 Å². The SMILES string of the molecule is COC(=O)c1cc(S(=O)(=O)N[C@@H]2CC(C)(C)Oc3cc(OC)ccc32)ccc1C. The molecule has 0 fully saturated rings. The third kappa shape index (κ3) is 4.38. The van der Waals surface area contributed by atoms with Crippen molar-refractivity contribution in [2.45, 2.75) is 43.7 Å². The van der Waals surface area contributed by atoms with E-state index in [0.29, 0.717) is 23.5 Å². The van der Waals surface area contributed by atoms with Crippen molar-refractivity contribution in [3.05, 3.63) is 53.1 Å². The van der Waals surface area contributed by atoms with Gasteiger partial charge in [0.15, 0.2) is 0 Å². The van der Waals surface area contributed by atoms with E-state index in [1.807, 2.05) is 13.8 Å². The Balaban J connectivity index is 1.98. The van der Waals surface area contributed by atoms with E-state index in [4.69, 9.17) is 14.2 Å². The van der Waals surface area contributed by atoms with Crippen molar-refractivity contribution >= 4 is 16.0 Å². The van der Waals surface area contributed by atoms with E-state index >= 15 is 0 Å². The van der Waals surface area contributed by atoms with Crippen LogP contribution in [-0.2, 0) is 14.8 Å². The fourth-order valence-electron chi connectivity index (χ4n) is 3.42. The average molecular weight is 419 g/mol. The van der Waals surface area contributed by atoms with E-state index in [2.05, 4.69) is 4.72 Å². The van der Waals surface area contributed by atoms with Crippen molar-refractivity contribution in [3.8, 4) is 11.5 Å². The number of methoxy groups -OCH3 is 2. The lowest BCUT2D eigenvalue weighted by Crippen LogP contribution is -2.41. The lowest BCUT2D eigenvalue weighted by Gasteiger charge is -2.37. The van der Waals surface area contributed by atoms with E-state index in [-0.39, 0.29) is 10.5 Å². The Bertz CT molecular complexity index is 1050. The number of nitrogens with one attached hydrogen (secondary N) is 1. The zero-order valence-corrected chi connectivity index (χ0v) is 17.9. The number of esters is 1. The first-order valence-corrected chi connectivity index (χ1v) is 10.6. The average Bonchev–Trinajstić information content (AvgIpc) is 2.65. The Morgan fingerprint density at radius 3 is 2.55 bits per heavy atom. The van der Waals surface area contributed by atoms with Crippen LogP contribution in [-0.4, -0.2) is 34.2 Å². The topological polar surface area (TPSA) is 90.9 Å². The van der Waals surface area contributed by atoms with Crippen LogP contribution in [0.4, 0.5) is 0 Å². The van der Waals surface area contributed by atoms with Crippen molar-refractivity contribution in [3.63, 3.8) is 0 Å². The van der Waals surface area contributed by atoms with Gasteiger partial charge in [-0.2, -0.15) is 0 Å². The van der Waals surface area contributed by atoms with Crippen LogP contribution in [0.1, 0.15) is 47.8 Å². The van der Waals surface area contributed by atoms with Crippen molar-refractivity contribution in [2.24, 2.45) is 0 Å². The van der Waals surface area contributed by atoms with Gasteiger partial charge in [-0.3, -0.25) is 0 Å². The predicted octanol–water partition coefficient (Wildman–Crippen LogP) is 3.37. The third-order valence-electron chi connectivity index (χ3n) is 4.90. The molecule has 0 saturated carbocycles. The first-order valence-electron chi connectivity index (χ1n) is 9.14. The molecule has 3 rings (SSSR count). The number of aryl methyl sites for hydroxylation is 1. The summed E-state index contributed by atoms with van der Waals surface area (Å²) in [6.45, 7) is 5.52. The van der Waals surface area contributed by atoms with Crippen LogP contribution in [0.5, 0.6) is 11.5 Å². The van der Waals surface area contributed by atoms with Gasteiger partial charge >= 0.3 is 5.97 Å². The molecule has 0 aliphatic carbocycles. The van der Waals surface area contributed by atoms with Gasteiger partial charge in [-0.1, -0.05) is 12.1 Å². The largest absolute Gasteiger partial charge is 0.497 e. The number of fused-ring (bicyclic) bond motifs is 1. The summed E-state index contributed by atoms with van der Waals surface area (Å²) in [5.74, 6) is 0.626. The van der Waals surface area contributed by atoms with Crippen molar-refractivity contribution in [1.29, 1.82) is 0 Å². The van der Waals surface area contributed by atoms with E-state index in [1.165, 1.54) is 19.2 Å². The van der Waals surface area contributed by atoms with Crippen LogP contribution < -0.4 is 14.2 Å². The first-order chi connectivity index (χ1) is 13.6. The molecule has 0 bridgehead atoms. The molecule has 1 N–H and O–H groups in total. The molecule has 0 radical (unpaired) electrons. The van der Waals surface area contributed by atoms with Gasteiger partial charge in [0, 0.05) is 18.1 Å². The van der Waals surface area contributed by atoms with Gasteiger partial charge in [0.2, 0.25) is 10.0 Å². The monoisotopic (exact) mass is 419 g/mol. The summed E-state index contributed by atoms with van der Waals surface area (Å²) in [7, 11) is -1.07. The normalized spacial score (nSPS) is 17.8. The van der Waals surface area contributed by atoms with E-state index in [1.54, 1.807) is 38.3 Å². The second-order valence-electron chi connectivity index (χ2n) is 7.61. The summed E-state index contributed by atoms with van der Waals surface area (Å²) in [4.78, 5) is 11.9. The van der Waals surface area contributed by atoms with E-state index in [9.17, 15) is 13.2 Å². The highest BCUT2D eigenvalue weighted by Crippen LogP contribution is 2.41. The second kappa shape index (κ2) is 7.68. The fraction of sp³-hybridized carbons (Fsp3) is 0.381. The van der Waals surface area contributed by atoms with E-state index < -0.39 is 27.6 Å². The molecule has 8 heteroatoms. The van der Waals surface area contributed by atoms with Crippen molar-refractivity contribution in [2.75, 3.05) is 14.2 Å². The Morgan fingerprint density at radius 2 is 1.90 bits per heavy atom. The molecule has 1 atom stereocenters. The molecule has 0 saturated heterocycles. The molecule has 7 nitrogen and oxygen atoms in total. The highest BCUT2D eigenvalue weighted by molar-refractivity contribution is 7.89. The molecule has 1 aliphatic rings. The molecule has 2 aromatic carbocycles. The summed E-state index contributed by atoms with van der Waals surface area (Å²) in [5, 5.41) is 0. The molecule has 0 aromatic heterocycles. The van der Waals surface area contributed by atoms with Crippen LogP contribution in [0.25, 0.3) is 0 Å². The zero-order chi connectivity index (χ0) is 21.4. The molecule has 0 unspecified atom stereocenters. The maximum atomic E-state index is 13.1. The molecule has 0 spiro atoms. The van der Waals surface area contributed by atoms with Crippen LogP contribution in [0, 0.1) is 6.92 Å². The summed E-state index contributed by atoms with van der Waals surface area (Å²) in [5.41, 5.74) is 1.01. The highest BCUT2D eigenvalue weighted by Gasteiger charge is 2.36. The lowest BCUT2D eigenvalue weighted by atomic mass is 9.90. The summed E-state index contributed by atoms with van der Waals surface area (Å²) >= 11 is 0. The summed E-state index contributed by atoms with van der Waals surface area (Å²) < 4.78 is 45.0.